The van der Waals surface area contributed by atoms with E-state index in [-0.39, 0.29) is 29.1 Å². The zero-order chi connectivity index (χ0) is 20.1. The summed E-state index contributed by atoms with van der Waals surface area (Å²) in [4.78, 5) is 25.9. The van der Waals surface area contributed by atoms with Crippen LogP contribution in [0.1, 0.15) is 12.8 Å². The fraction of sp³-hybridized carbons (Fsp3) is 0.263. The molecule has 2 N–H and O–H groups in total. The van der Waals surface area contributed by atoms with Gasteiger partial charge in [0.1, 0.15) is 5.75 Å². The van der Waals surface area contributed by atoms with Crippen LogP contribution < -0.4 is 20.3 Å². The Hall–Kier alpha value is -2.87. The van der Waals surface area contributed by atoms with E-state index in [1.807, 2.05) is 18.2 Å². The van der Waals surface area contributed by atoms with E-state index < -0.39 is 6.61 Å². The fourth-order valence-electron chi connectivity index (χ4n) is 2.91. The first kappa shape index (κ1) is 19.9. The first-order valence-electron chi connectivity index (χ1n) is 8.61. The monoisotopic (exact) mass is 409 g/mol. The topological polar surface area (TPSA) is 70.7 Å². The number of carbonyl (C=O) groups excluding carboxylic acids is 2. The highest BCUT2D eigenvalue weighted by atomic mass is 35.5. The third-order valence-electron chi connectivity index (χ3n) is 4.14. The SMILES string of the molecule is O=C(CNc1ccccc1N1CCCC1=O)Nc1ccc(OC(F)F)c(Cl)c1. The van der Waals surface area contributed by atoms with E-state index in [0.29, 0.717) is 24.3 Å². The molecule has 2 amide bonds. The Morgan fingerprint density at radius 2 is 2.04 bits per heavy atom. The molecule has 0 unspecified atom stereocenters. The molecular formula is C19H18ClF2N3O3. The van der Waals surface area contributed by atoms with Gasteiger partial charge in [0.15, 0.2) is 0 Å². The second-order valence-corrected chi connectivity index (χ2v) is 6.50. The van der Waals surface area contributed by atoms with Crippen molar-refractivity contribution >= 4 is 40.5 Å². The lowest BCUT2D eigenvalue weighted by Gasteiger charge is -2.20. The molecule has 0 spiro atoms. The van der Waals surface area contributed by atoms with Crippen LogP contribution in [0, 0.1) is 0 Å². The summed E-state index contributed by atoms with van der Waals surface area (Å²) in [6.45, 7) is -2.38. The van der Waals surface area contributed by atoms with Crippen molar-refractivity contribution in [3.05, 3.63) is 47.5 Å². The van der Waals surface area contributed by atoms with Gasteiger partial charge in [-0.05, 0) is 36.8 Å². The molecule has 0 saturated carbocycles. The number of ether oxygens (including phenoxy) is 1. The lowest BCUT2D eigenvalue weighted by atomic mass is 10.2. The molecule has 6 nitrogen and oxygen atoms in total. The van der Waals surface area contributed by atoms with Gasteiger partial charge in [-0.1, -0.05) is 23.7 Å². The Kier molecular flexibility index (Phi) is 6.30. The number of anilines is 3. The minimum atomic E-state index is -2.98. The molecule has 0 aromatic heterocycles. The van der Waals surface area contributed by atoms with E-state index >= 15 is 0 Å². The standard InChI is InChI=1S/C19H18ClF2N3O3/c20-13-10-12(7-8-16(13)28-19(21)22)24-17(26)11-23-14-4-1-2-5-15(14)25-9-3-6-18(25)27/h1-2,4-5,7-8,10,19,23H,3,6,9,11H2,(H,24,26). The molecule has 0 bridgehead atoms. The molecule has 0 atom stereocenters. The van der Waals surface area contributed by atoms with Gasteiger partial charge >= 0.3 is 6.61 Å². The average Bonchev–Trinajstić information content (AvgIpc) is 3.08. The van der Waals surface area contributed by atoms with E-state index in [9.17, 15) is 18.4 Å². The summed E-state index contributed by atoms with van der Waals surface area (Å²) in [6, 6.07) is 11.3. The quantitative estimate of drug-likeness (QED) is 0.721. The van der Waals surface area contributed by atoms with Gasteiger partial charge < -0.3 is 20.3 Å². The normalized spacial score (nSPS) is 13.7. The smallest absolute Gasteiger partial charge is 0.387 e. The molecule has 1 fully saturated rings. The number of hydrogen-bond acceptors (Lipinski definition) is 4. The highest BCUT2D eigenvalue weighted by Crippen LogP contribution is 2.30. The predicted molar refractivity (Wildman–Crippen MR) is 103 cm³/mol. The maximum absolute atomic E-state index is 12.3. The highest BCUT2D eigenvalue weighted by Gasteiger charge is 2.23. The van der Waals surface area contributed by atoms with Crippen LogP contribution in [-0.2, 0) is 9.59 Å². The Balaban J connectivity index is 1.61. The molecule has 2 aromatic carbocycles. The van der Waals surface area contributed by atoms with Gasteiger partial charge in [-0.25, -0.2) is 0 Å². The molecular weight excluding hydrogens is 392 g/mol. The second kappa shape index (κ2) is 8.88. The van der Waals surface area contributed by atoms with E-state index in [4.69, 9.17) is 11.6 Å². The summed E-state index contributed by atoms with van der Waals surface area (Å²) in [6.07, 6.45) is 1.32. The largest absolute Gasteiger partial charge is 0.433 e. The first-order valence-corrected chi connectivity index (χ1v) is 8.99. The molecule has 3 rings (SSSR count). The first-order chi connectivity index (χ1) is 13.4. The summed E-state index contributed by atoms with van der Waals surface area (Å²) < 4.78 is 28.8. The number of nitrogens with one attached hydrogen (secondary N) is 2. The summed E-state index contributed by atoms with van der Waals surface area (Å²) in [7, 11) is 0. The molecule has 0 aliphatic carbocycles. The van der Waals surface area contributed by atoms with Gasteiger partial charge in [0.05, 0.1) is 22.9 Å². The van der Waals surface area contributed by atoms with Crippen LogP contribution in [0.25, 0.3) is 0 Å². The molecule has 9 heteroatoms. The van der Waals surface area contributed by atoms with Crippen LogP contribution in [-0.4, -0.2) is 31.5 Å². The average molecular weight is 410 g/mol. The number of amides is 2. The molecule has 28 heavy (non-hydrogen) atoms. The number of hydrogen-bond donors (Lipinski definition) is 2. The van der Waals surface area contributed by atoms with Crippen molar-refractivity contribution in [2.45, 2.75) is 19.5 Å². The molecule has 2 aromatic rings. The Morgan fingerprint density at radius 1 is 1.25 bits per heavy atom. The van der Waals surface area contributed by atoms with Gasteiger partial charge in [-0.15, -0.1) is 0 Å². The summed E-state index contributed by atoms with van der Waals surface area (Å²) in [5.74, 6) is -0.474. The summed E-state index contributed by atoms with van der Waals surface area (Å²) in [5, 5.41) is 5.60. The van der Waals surface area contributed by atoms with E-state index in [0.717, 1.165) is 12.1 Å². The zero-order valence-corrected chi connectivity index (χ0v) is 15.5. The summed E-state index contributed by atoms with van der Waals surface area (Å²) >= 11 is 5.87. The Morgan fingerprint density at radius 3 is 2.71 bits per heavy atom. The second-order valence-electron chi connectivity index (χ2n) is 6.09. The molecule has 1 aliphatic heterocycles. The number of halogens is 3. The lowest BCUT2D eigenvalue weighted by molar-refractivity contribution is -0.117. The van der Waals surface area contributed by atoms with Crippen molar-refractivity contribution in [2.75, 3.05) is 28.6 Å². The third kappa shape index (κ3) is 4.89. The molecule has 1 saturated heterocycles. The third-order valence-corrected chi connectivity index (χ3v) is 4.43. The van der Waals surface area contributed by atoms with Crippen molar-refractivity contribution in [3.8, 4) is 5.75 Å². The molecule has 148 valence electrons. The number of alkyl halides is 2. The number of rotatable bonds is 7. The van der Waals surface area contributed by atoms with Crippen molar-refractivity contribution in [3.63, 3.8) is 0 Å². The van der Waals surface area contributed by atoms with Gasteiger partial charge in [0, 0.05) is 18.7 Å². The van der Waals surface area contributed by atoms with Crippen molar-refractivity contribution in [1.82, 2.24) is 0 Å². The lowest BCUT2D eigenvalue weighted by Crippen LogP contribution is -2.26. The molecule has 0 radical (unpaired) electrons. The van der Waals surface area contributed by atoms with E-state index in [2.05, 4.69) is 15.4 Å². The van der Waals surface area contributed by atoms with Gasteiger partial charge in [0.2, 0.25) is 11.8 Å². The Labute approximate surface area is 165 Å². The van der Waals surface area contributed by atoms with Gasteiger partial charge in [-0.2, -0.15) is 8.78 Å². The predicted octanol–water partition coefficient (Wildman–Crippen LogP) is 4.12. The van der Waals surface area contributed by atoms with Crippen LogP contribution in [0.2, 0.25) is 5.02 Å². The minimum absolute atomic E-state index is 0.0380. The number of para-hydroxylation sites is 2. The van der Waals surface area contributed by atoms with E-state index in [1.165, 1.54) is 18.2 Å². The number of nitrogens with zero attached hydrogens (tertiary/aromatic N) is 1. The van der Waals surface area contributed by atoms with Crippen molar-refractivity contribution in [2.24, 2.45) is 0 Å². The van der Waals surface area contributed by atoms with Crippen molar-refractivity contribution in [1.29, 1.82) is 0 Å². The zero-order valence-electron chi connectivity index (χ0n) is 14.8. The summed E-state index contributed by atoms with van der Waals surface area (Å²) in [5.41, 5.74) is 1.75. The molecule has 1 aliphatic rings. The van der Waals surface area contributed by atoms with Gasteiger partial charge in [-0.3, -0.25) is 9.59 Å². The van der Waals surface area contributed by atoms with Crippen LogP contribution >= 0.6 is 11.6 Å². The molecule has 1 heterocycles. The van der Waals surface area contributed by atoms with Gasteiger partial charge in [0.25, 0.3) is 0 Å². The fourth-order valence-corrected chi connectivity index (χ4v) is 3.14. The van der Waals surface area contributed by atoms with E-state index in [1.54, 1.807) is 11.0 Å². The van der Waals surface area contributed by atoms with Crippen molar-refractivity contribution < 1.29 is 23.1 Å². The maximum atomic E-state index is 12.3. The highest BCUT2D eigenvalue weighted by molar-refractivity contribution is 6.32. The number of benzene rings is 2. The minimum Gasteiger partial charge on any atom is -0.433 e. The Bertz CT molecular complexity index is 879. The van der Waals surface area contributed by atoms with Crippen LogP contribution in [0.3, 0.4) is 0 Å². The van der Waals surface area contributed by atoms with Crippen LogP contribution in [0.4, 0.5) is 25.8 Å². The van der Waals surface area contributed by atoms with Crippen LogP contribution in [0.5, 0.6) is 5.75 Å². The maximum Gasteiger partial charge on any atom is 0.387 e. The number of carbonyl (C=O) groups is 2. The van der Waals surface area contributed by atoms with Crippen LogP contribution in [0.15, 0.2) is 42.5 Å².